The van der Waals surface area contributed by atoms with Crippen LogP contribution in [0, 0.1) is 0 Å². The molecular weight excluding hydrogens is 336 g/mol. The van der Waals surface area contributed by atoms with Crippen LogP contribution in [0.3, 0.4) is 0 Å². The minimum atomic E-state index is -1.73. The van der Waals surface area contributed by atoms with Gasteiger partial charge >= 0.3 is 0 Å². The molecule has 0 amide bonds. The molecule has 0 aliphatic heterocycles. The van der Waals surface area contributed by atoms with Crippen LogP contribution >= 0.6 is 0 Å². The van der Waals surface area contributed by atoms with Gasteiger partial charge in [-0.25, -0.2) is 0 Å². The molecule has 2 aromatic carbocycles. The Bertz CT molecular complexity index is 701. The smallest absolute Gasteiger partial charge is 0.166 e. The van der Waals surface area contributed by atoms with Crippen LogP contribution in [0.25, 0.3) is 0 Å². The van der Waals surface area contributed by atoms with Crippen LogP contribution in [0.4, 0.5) is 0 Å². The first-order valence-corrected chi connectivity index (χ1v) is 8.13. The van der Waals surface area contributed by atoms with Crippen LogP contribution in [0.5, 0.6) is 23.0 Å². The highest BCUT2D eigenvalue weighted by atomic mass is 16.5. The maximum absolute atomic E-state index is 11.4. The number of rotatable bonds is 7. The Morgan fingerprint density at radius 3 is 1.23 bits per heavy atom. The summed E-state index contributed by atoms with van der Waals surface area (Å²) in [6, 6.07) is 10.3. The second-order valence-corrected chi connectivity index (χ2v) is 6.23. The SMILES string of the molecule is COc1cccc(C(C)(O)C(C)(O)c2cccc(OC)c2OC)c1OC. The van der Waals surface area contributed by atoms with Gasteiger partial charge in [0, 0.05) is 11.1 Å². The largest absolute Gasteiger partial charge is 0.493 e. The molecule has 0 spiro atoms. The van der Waals surface area contributed by atoms with E-state index in [2.05, 4.69) is 0 Å². The zero-order chi connectivity index (χ0) is 19.5. The highest BCUT2D eigenvalue weighted by Crippen LogP contribution is 2.49. The minimum absolute atomic E-state index is 0.349. The van der Waals surface area contributed by atoms with Gasteiger partial charge in [0.05, 0.1) is 28.4 Å². The minimum Gasteiger partial charge on any atom is -0.493 e. The van der Waals surface area contributed by atoms with Crippen LogP contribution in [0.15, 0.2) is 36.4 Å². The monoisotopic (exact) mass is 362 g/mol. The molecule has 0 aromatic heterocycles. The second kappa shape index (κ2) is 7.43. The summed E-state index contributed by atoms with van der Waals surface area (Å²) in [6.07, 6.45) is 0. The van der Waals surface area contributed by atoms with Crippen LogP contribution in [-0.2, 0) is 11.2 Å². The lowest BCUT2D eigenvalue weighted by Crippen LogP contribution is -2.45. The number of para-hydroxylation sites is 2. The summed E-state index contributed by atoms with van der Waals surface area (Å²) in [4.78, 5) is 0. The first-order valence-electron chi connectivity index (χ1n) is 8.13. The molecule has 0 heterocycles. The van der Waals surface area contributed by atoms with E-state index in [1.165, 1.54) is 42.3 Å². The van der Waals surface area contributed by atoms with E-state index in [0.29, 0.717) is 34.1 Å². The quantitative estimate of drug-likeness (QED) is 0.789. The van der Waals surface area contributed by atoms with Crippen LogP contribution in [-0.4, -0.2) is 38.7 Å². The Morgan fingerprint density at radius 1 is 0.615 bits per heavy atom. The molecule has 2 atom stereocenters. The van der Waals surface area contributed by atoms with Crippen molar-refractivity contribution in [3.63, 3.8) is 0 Å². The van der Waals surface area contributed by atoms with Crippen molar-refractivity contribution in [2.45, 2.75) is 25.0 Å². The lowest BCUT2D eigenvalue weighted by Gasteiger charge is -2.40. The predicted octanol–water partition coefficient (Wildman–Crippen LogP) is 2.84. The number of hydrogen-bond donors (Lipinski definition) is 2. The number of hydrogen-bond acceptors (Lipinski definition) is 6. The molecule has 142 valence electrons. The molecule has 0 aliphatic rings. The van der Waals surface area contributed by atoms with Crippen molar-refractivity contribution in [2.75, 3.05) is 28.4 Å². The maximum atomic E-state index is 11.4. The number of methoxy groups -OCH3 is 4. The fourth-order valence-corrected chi connectivity index (χ4v) is 3.07. The molecule has 26 heavy (non-hydrogen) atoms. The van der Waals surface area contributed by atoms with Gasteiger partial charge in [-0.15, -0.1) is 0 Å². The average Bonchev–Trinajstić information content (AvgIpc) is 2.65. The predicted molar refractivity (Wildman–Crippen MR) is 98.2 cm³/mol. The number of benzene rings is 2. The third kappa shape index (κ3) is 3.06. The standard InChI is InChI=1S/C20H26O6/c1-19(21,13-9-7-11-15(23-3)17(13)25-5)20(2,22)14-10-8-12-16(24-4)18(14)26-6/h7-12,21-22H,1-6H3. The van der Waals surface area contributed by atoms with Gasteiger partial charge in [-0.05, 0) is 26.0 Å². The molecule has 0 fully saturated rings. The highest BCUT2D eigenvalue weighted by molar-refractivity contribution is 5.54. The van der Waals surface area contributed by atoms with Gasteiger partial charge in [-0.2, -0.15) is 0 Å². The van der Waals surface area contributed by atoms with Crippen molar-refractivity contribution in [1.29, 1.82) is 0 Å². The van der Waals surface area contributed by atoms with E-state index in [9.17, 15) is 10.2 Å². The first-order chi connectivity index (χ1) is 12.3. The first kappa shape index (κ1) is 19.9. The van der Waals surface area contributed by atoms with Gasteiger partial charge in [0.2, 0.25) is 0 Å². The molecular formula is C20H26O6. The third-order valence-corrected chi connectivity index (χ3v) is 4.80. The molecule has 2 unspecified atom stereocenters. The van der Waals surface area contributed by atoms with E-state index >= 15 is 0 Å². The van der Waals surface area contributed by atoms with Gasteiger partial charge in [0.25, 0.3) is 0 Å². The van der Waals surface area contributed by atoms with Crippen molar-refractivity contribution in [3.05, 3.63) is 47.5 Å². The van der Waals surface area contributed by atoms with E-state index in [1.807, 2.05) is 0 Å². The van der Waals surface area contributed by atoms with Gasteiger partial charge < -0.3 is 29.2 Å². The number of ether oxygens (including phenoxy) is 4. The molecule has 0 radical (unpaired) electrons. The zero-order valence-electron chi connectivity index (χ0n) is 16.0. The summed E-state index contributed by atoms with van der Waals surface area (Å²) in [5.41, 5.74) is -2.69. The van der Waals surface area contributed by atoms with Crippen molar-refractivity contribution < 1.29 is 29.2 Å². The second-order valence-electron chi connectivity index (χ2n) is 6.23. The molecule has 6 nitrogen and oxygen atoms in total. The Kier molecular flexibility index (Phi) is 5.68. The van der Waals surface area contributed by atoms with Gasteiger partial charge in [0.1, 0.15) is 11.2 Å². The summed E-state index contributed by atoms with van der Waals surface area (Å²) in [5, 5.41) is 22.8. The van der Waals surface area contributed by atoms with Gasteiger partial charge in [-0.1, -0.05) is 24.3 Å². The van der Waals surface area contributed by atoms with Crippen molar-refractivity contribution in [3.8, 4) is 23.0 Å². The maximum Gasteiger partial charge on any atom is 0.166 e. The van der Waals surface area contributed by atoms with Crippen LogP contribution in [0.2, 0.25) is 0 Å². The topological polar surface area (TPSA) is 77.4 Å². The third-order valence-electron chi connectivity index (χ3n) is 4.80. The van der Waals surface area contributed by atoms with Crippen molar-refractivity contribution in [2.24, 2.45) is 0 Å². The van der Waals surface area contributed by atoms with Gasteiger partial charge in [0.15, 0.2) is 23.0 Å². The fraction of sp³-hybridized carbons (Fsp3) is 0.400. The summed E-state index contributed by atoms with van der Waals surface area (Å²) in [5.74, 6) is 1.61. The van der Waals surface area contributed by atoms with Crippen LogP contribution < -0.4 is 18.9 Å². The van der Waals surface area contributed by atoms with E-state index in [0.717, 1.165) is 0 Å². The molecule has 0 aliphatic carbocycles. The van der Waals surface area contributed by atoms with E-state index in [-0.39, 0.29) is 0 Å². The number of aliphatic hydroxyl groups is 2. The summed E-state index contributed by atoms with van der Waals surface area (Å²) < 4.78 is 21.5. The van der Waals surface area contributed by atoms with Crippen LogP contribution in [0.1, 0.15) is 25.0 Å². The summed E-state index contributed by atoms with van der Waals surface area (Å²) in [7, 11) is 6.00. The normalized spacial score (nSPS) is 15.5. The van der Waals surface area contributed by atoms with E-state index in [1.54, 1.807) is 36.4 Å². The molecule has 0 saturated carbocycles. The average molecular weight is 362 g/mol. The molecule has 2 aromatic rings. The van der Waals surface area contributed by atoms with E-state index < -0.39 is 11.2 Å². The van der Waals surface area contributed by atoms with Crippen molar-refractivity contribution in [1.82, 2.24) is 0 Å². The molecule has 0 saturated heterocycles. The summed E-state index contributed by atoms with van der Waals surface area (Å²) in [6.45, 7) is 3.03. The fourth-order valence-electron chi connectivity index (χ4n) is 3.07. The lowest BCUT2D eigenvalue weighted by atomic mass is 9.75. The van der Waals surface area contributed by atoms with Crippen molar-refractivity contribution >= 4 is 0 Å². The van der Waals surface area contributed by atoms with Gasteiger partial charge in [-0.3, -0.25) is 0 Å². The zero-order valence-corrected chi connectivity index (χ0v) is 16.0. The Morgan fingerprint density at radius 2 is 0.962 bits per heavy atom. The molecule has 2 rings (SSSR count). The molecule has 6 heteroatoms. The highest BCUT2D eigenvalue weighted by Gasteiger charge is 2.48. The Hall–Kier alpha value is -2.44. The Balaban J connectivity index is 2.69. The molecule has 2 N–H and O–H groups in total. The Labute approximate surface area is 153 Å². The lowest BCUT2D eigenvalue weighted by molar-refractivity contribution is -0.144. The molecule has 0 bridgehead atoms. The van der Waals surface area contributed by atoms with E-state index in [4.69, 9.17) is 18.9 Å². The summed E-state index contributed by atoms with van der Waals surface area (Å²) >= 11 is 0.